The minimum absolute atomic E-state index is 0.0655. The molecule has 0 aliphatic rings. The third-order valence-electron chi connectivity index (χ3n) is 4.73. The zero-order valence-electron chi connectivity index (χ0n) is 17.0. The Kier molecular flexibility index (Phi) is 6.47. The molecule has 9 heteroatoms. The van der Waals surface area contributed by atoms with Crippen LogP contribution < -0.4 is 5.32 Å². The molecule has 31 heavy (non-hydrogen) atoms. The minimum atomic E-state index is -3.73. The molecule has 0 unspecified atom stereocenters. The summed E-state index contributed by atoms with van der Waals surface area (Å²) in [6, 6.07) is 19.4. The van der Waals surface area contributed by atoms with Gasteiger partial charge >= 0.3 is 0 Å². The van der Waals surface area contributed by atoms with Crippen LogP contribution in [0.3, 0.4) is 0 Å². The zero-order valence-corrected chi connectivity index (χ0v) is 17.8. The highest BCUT2D eigenvalue weighted by molar-refractivity contribution is 7.89. The Hall–Kier alpha value is -3.56. The van der Waals surface area contributed by atoms with E-state index < -0.39 is 20.9 Å². The number of para-hydroxylation sites is 1. The lowest BCUT2D eigenvalue weighted by molar-refractivity contribution is -0.385. The van der Waals surface area contributed by atoms with Crippen LogP contribution in [-0.4, -0.2) is 30.6 Å². The number of amides is 1. The minimum Gasteiger partial charge on any atom is -0.322 e. The molecular formula is C22H21N3O5S. The molecular weight excluding hydrogens is 418 g/mol. The summed E-state index contributed by atoms with van der Waals surface area (Å²) in [7, 11) is -2.23. The fourth-order valence-corrected chi connectivity index (χ4v) is 4.26. The summed E-state index contributed by atoms with van der Waals surface area (Å²) in [6.07, 6.45) is 0. The average molecular weight is 439 g/mol. The Labute approximate surface area is 180 Å². The number of nitrogens with zero attached hydrogens (tertiary/aromatic N) is 2. The van der Waals surface area contributed by atoms with E-state index in [2.05, 4.69) is 5.32 Å². The normalized spacial score (nSPS) is 11.3. The number of nitro groups is 1. The summed E-state index contributed by atoms with van der Waals surface area (Å²) in [6.45, 7) is 1.78. The van der Waals surface area contributed by atoms with E-state index >= 15 is 0 Å². The molecule has 0 aliphatic heterocycles. The van der Waals surface area contributed by atoms with Gasteiger partial charge in [0.2, 0.25) is 10.0 Å². The molecule has 3 aromatic carbocycles. The maximum atomic E-state index is 12.8. The molecule has 3 rings (SSSR count). The maximum absolute atomic E-state index is 12.8. The van der Waals surface area contributed by atoms with Crippen molar-refractivity contribution >= 4 is 27.3 Å². The number of sulfonamides is 1. The van der Waals surface area contributed by atoms with E-state index in [1.54, 1.807) is 19.1 Å². The van der Waals surface area contributed by atoms with Gasteiger partial charge in [-0.05, 0) is 42.8 Å². The number of carbonyl (C=O) groups excluding carboxylic acids is 1. The van der Waals surface area contributed by atoms with Crippen molar-refractivity contribution in [2.24, 2.45) is 0 Å². The highest BCUT2D eigenvalue weighted by Crippen LogP contribution is 2.25. The molecule has 0 radical (unpaired) electrons. The van der Waals surface area contributed by atoms with Gasteiger partial charge in [0.25, 0.3) is 11.6 Å². The van der Waals surface area contributed by atoms with Crippen LogP contribution >= 0.6 is 0 Å². The van der Waals surface area contributed by atoms with Crippen molar-refractivity contribution in [3.05, 3.63) is 99.6 Å². The predicted molar refractivity (Wildman–Crippen MR) is 117 cm³/mol. The molecule has 0 fully saturated rings. The summed E-state index contributed by atoms with van der Waals surface area (Å²) in [5.74, 6) is -0.646. The Balaban J connectivity index is 1.77. The number of carbonyl (C=O) groups is 1. The van der Waals surface area contributed by atoms with Crippen molar-refractivity contribution in [3.63, 3.8) is 0 Å². The molecule has 1 N–H and O–H groups in total. The number of aryl methyl sites for hydroxylation is 1. The topological polar surface area (TPSA) is 110 Å². The fourth-order valence-electron chi connectivity index (χ4n) is 3.10. The van der Waals surface area contributed by atoms with E-state index in [4.69, 9.17) is 0 Å². The molecule has 0 aliphatic carbocycles. The van der Waals surface area contributed by atoms with Crippen LogP contribution in [0.15, 0.2) is 77.7 Å². The number of rotatable bonds is 7. The van der Waals surface area contributed by atoms with E-state index in [9.17, 15) is 23.3 Å². The largest absolute Gasteiger partial charge is 0.322 e. The third-order valence-corrected chi connectivity index (χ3v) is 6.55. The van der Waals surface area contributed by atoms with Crippen LogP contribution in [0.2, 0.25) is 0 Å². The summed E-state index contributed by atoms with van der Waals surface area (Å²) in [5.41, 5.74) is 1.23. The van der Waals surface area contributed by atoms with Crippen molar-refractivity contribution < 1.29 is 18.1 Å². The number of hydrogen-bond acceptors (Lipinski definition) is 5. The lowest BCUT2D eigenvalue weighted by Crippen LogP contribution is -2.26. The first-order chi connectivity index (χ1) is 14.7. The Morgan fingerprint density at radius 3 is 2.26 bits per heavy atom. The summed E-state index contributed by atoms with van der Waals surface area (Å²) < 4.78 is 26.9. The molecule has 0 saturated heterocycles. The van der Waals surface area contributed by atoms with Gasteiger partial charge in [0.15, 0.2) is 0 Å². The van der Waals surface area contributed by atoms with Crippen LogP contribution in [0, 0.1) is 17.0 Å². The SMILES string of the molecule is Cc1cccc(C(=O)Nc2ccc(S(=O)(=O)N(C)Cc3ccccc3)cc2)c1[N+](=O)[O-]. The summed E-state index contributed by atoms with van der Waals surface area (Å²) in [5, 5.41) is 13.9. The summed E-state index contributed by atoms with van der Waals surface area (Å²) in [4.78, 5) is 23.3. The molecule has 0 aromatic heterocycles. The van der Waals surface area contributed by atoms with E-state index in [1.165, 1.54) is 41.7 Å². The predicted octanol–water partition coefficient (Wildman–Crippen LogP) is 3.98. The van der Waals surface area contributed by atoms with Gasteiger partial charge in [0.1, 0.15) is 5.56 Å². The monoisotopic (exact) mass is 439 g/mol. The van der Waals surface area contributed by atoms with Crippen molar-refractivity contribution in [3.8, 4) is 0 Å². The van der Waals surface area contributed by atoms with E-state index in [0.717, 1.165) is 5.56 Å². The maximum Gasteiger partial charge on any atom is 0.285 e. The van der Waals surface area contributed by atoms with Crippen LogP contribution in [0.4, 0.5) is 11.4 Å². The van der Waals surface area contributed by atoms with Gasteiger partial charge in [0, 0.05) is 24.8 Å². The standard InChI is InChI=1S/C22H21N3O5S/c1-16-7-6-10-20(21(16)25(27)28)22(26)23-18-11-13-19(14-12-18)31(29,30)24(2)15-17-8-4-3-5-9-17/h3-14H,15H2,1-2H3,(H,23,26). The van der Waals surface area contributed by atoms with Gasteiger partial charge in [-0.1, -0.05) is 42.5 Å². The van der Waals surface area contributed by atoms with Gasteiger partial charge in [-0.15, -0.1) is 0 Å². The van der Waals surface area contributed by atoms with Crippen molar-refractivity contribution in [2.45, 2.75) is 18.4 Å². The Morgan fingerprint density at radius 1 is 1.00 bits per heavy atom. The van der Waals surface area contributed by atoms with Crippen molar-refractivity contribution in [1.29, 1.82) is 0 Å². The zero-order chi connectivity index (χ0) is 22.6. The molecule has 0 heterocycles. The van der Waals surface area contributed by atoms with Crippen LogP contribution in [0.5, 0.6) is 0 Å². The van der Waals surface area contributed by atoms with Crippen molar-refractivity contribution in [2.75, 3.05) is 12.4 Å². The first-order valence-electron chi connectivity index (χ1n) is 9.36. The summed E-state index contributed by atoms with van der Waals surface area (Å²) >= 11 is 0. The van der Waals surface area contributed by atoms with Gasteiger partial charge in [0.05, 0.1) is 9.82 Å². The first-order valence-corrected chi connectivity index (χ1v) is 10.8. The molecule has 0 bridgehead atoms. The third kappa shape index (κ3) is 4.96. The van der Waals surface area contributed by atoms with E-state index in [-0.39, 0.29) is 22.7 Å². The van der Waals surface area contributed by atoms with Crippen molar-refractivity contribution in [1.82, 2.24) is 4.31 Å². The number of anilines is 1. The molecule has 160 valence electrons. The van der Waals surface area contributed by atoms with Crippen LogP contribution in [0.25, 0.3) is 0 Å². The van der Waals surface area contributed by atoms with Crippen LogP contribution in [-0.2, 0) is 16.6 Å². The molecule has 8 nitrogen and oxygen atoms in total. The lowest BCUT2D eigenvalue weighted by Gasteiger charge is -2.17. The molecule has 1 amide bonds. The van der Waals surface area contributed by atoms with E-state index in [0.29, 0.717) is 11.3 Å². The van der Waals surface area contributed by atoms with Gasteiger partial charge in [-0.25, -0.2) is 8.42 Å². The molecule has 0 spiro atoms. The van der Waals surface area contributed by atoms with Crippen LogP contribution in [0.1, 0.15) is 21.5 Å². The van der Waals surface area contributed by atoms with Gasteiger partial charge in [-0.3, -0.25) is 14.9 Å². The highest BCUT2D eigenvalue weighted by atomic mass is 32.2. The molecule has 0 saturated carbocycles. The highest BCUT2D eigenvalue weighted by Gasteiger charge is 2.23. The number of benzene rings is 3. The second-order valence-electron chi connectivity index (χ2n) is 6.95. The fraction of sp³-hybridized carbons (Fsp3) is 0.136. The first kappa shape index (κ1) is 22.1. The van der Waals surface area contributed by atoms with Gasteiger partial charge in [-0.2, -0.15) is 4.31 Å². The van der Waals surface area contributed by atoms with E-state index in [1.807, 2.05) is 30.3 Å². The molecule has 0 atom stereocenters. The average Bonchev–Trinajstić information content (AvgIpc) is 2.74. The smallest absolute Gasteiger partial charge is 0.285 e. The lowest BCUT2D eigenvalue weighted by atomic mass is 10.1. The second kappa shape index (κ2) is 9.07. The number of nitro benzene ring substituents is 1. The second-order valence-corrected chi connectivity index (χ2v) is 9.00. The van der Waals surface area contributed by atoms with Gasteiger partial charge < -0.3 is 5.32 Å². The molecule has 3 aromatic rings. The number of hydrogen-bond donors (Lipinski definition) is 1. The Bertz CT molecular complexity index is 1210. The quantitative estimate of drug-likeness (QED) is 0.442. The Morgan fingerprint density at radius 2 is 1.65 bits per heavy atom. The number of nitrogens with one attached hydrogen (secondary N) is 1.